The number of quaternary nitrogens is 2. The van der Waals surface area contributed by atoms with Gasteiger partial charge in [-0.05, 0) is 12.1 Å². The van der Waals surface area contributed by atoms with Gasteiger partial charge in [0.05, 0.1) is 11.8 Å². The van der Waals surface area contributed by atoms with Crippen LogP contribution >= 0.6 is 15.9 Å². The summed E-state index contributed by atoms with van der Waals surface area (Å²) in [5.41, 5.74) is 4.94. The summed E-state index contributed by atoms with van der Waals surface area (Å²) in [7, 11) is 0. The molecule has 3 aromatic carbocycles. The molecule has 0 bridgehead atoms. The Morgan fingerprint density at radius 3 is 2.21 bits per heavy atom. The first-order valence-corrected chi connectivity index (χ1v) is 9.01. The zero-order valence-corrected chi connectivity index (χ0v) is 16.1. The Hall–Kier alpha value is -2.63. The fourth-order valence-electron chi connectivity index (χ4n) is 2.60. The van der Waals surface area contributed by atoms with E-state index in [1.165, 1.54) is 12.1 Å². The highest BCUT2D eigenvalue weighted by molar-refractivity contribution is 9.10. The number of rotatable bonds is 6. The van der Waals surface area contributed by atoms with Gasteiger partial charge in [-0.2, -0.15) is 15.6 Å². The van der Waals surface area contributed by atoms with E-state index in [0.717, 1.165) is 21.7 Å². The highest BCUT2D eigenvalue weighted by Crippen LogP contribution is 2.23. The molecule has 8 nitrogen and oxygen atoms in total. The van der Waals surface area contributed by atoms with Crippen molar-refractivity contribution in [2.75, 3.05) is 5.43 Å². The summed E-state index contributed by atoms with van der Waals surface area (Å²) in [6, 6.07) is 20.8. The summed E-state index contributed by atoms with van der Waals surface area (Å²) >= 11 is 3.52. The molecule has 3 rings (SSSR count). The normalized spacial score (nSPS) is 13.8. The van der Waals surface area contributed by atoms with Gasteiger partial charge in [0.1, 0.15) is 5.69 Å². The minimum Gasteiger partial charge on any atom is -0.595 e. The zero-order chi connectivity index (χ0) is 20.1. The van der Waals surface area contributed by atoms with Crippen LogP contribution in [0.4, 0.5) is 17.1 Å². The van der Waals surface area contributed by atoms with Gasteiger partial charge in [0.25, 0.3) is 0 Å². The van der Waals surface area contributed by atoms with Crippen LogP contribution in [0.25, 0.3) is 0 Å². The number of nitrogens with one attached hydrogen (secondary N) is 3. The van der Waals surface area contributed by atoms with Crippen molar-refractivity contribution < 1.29 is 20.9 Å². The van der Waals surface area contributed by atoms with Crippen molar-refractivity contribution >= 4 is 38.7 Å². The number of anilines is 1. The van der Waals surface area contributed by atoms with E-state index in [0.29, 0.717) is 5.71 Å². The van der Waals surface area contributed by atoms with E-state index in [4.69, 9.17) is 5.21 Å². The highest BCUT2D eigenvalue weighted by Gasteiger charge is 2.15. The van der Waals surface area contributed by atoms with Crippen molar-refractivity contribution in [1.82, 2.24) is 0 Å². The average molecular weight is 445 g/mol. The third kappa shape index (κ3) is 4.61. The topological polar surface area (TPSA) is 120 Å². The average Bonchev–Trinajstić information content (AvgIpc) is 2.70. The van der Waals surface area contributed by atoms with Crippen LogP contribution in [-0.4, -0.2) is 16.1 Å². The molecule has 0 fully saturated rings. The maximum Gasteiger partial charge on any atom is 0.195 e. The lowest BCUT2D eigenvalue weighted by molar-refractivity contribution is -0.996. The Bertz CT molecular complexity index is 981. The van der Waals surface area contributed by atoms with Gasteiger partial charge in [0, 0.05) is 21.7 Å². The smallest absolute Gasteiger partial charge is 0.195 e. The van der Waals surface area contributed by atoms with Gasteiger partial charge in [0.15, 0.2) is 11.4 Å². The van der Waals surface area contributed by atoms with Crippen LogP contribution in [0.1, 0.15) is 11.1 Å². The Morgan fingerprint density at radius 1 is 0.893 bits per heavy atom. The van der Waals surface area contributed by atoms with Crippen molar-refractivity contribution in [3.05, 3.63) is 98.8 Å². The van der Waals surface area contributed by atoms with Crippen LogP contribution in [0.3, 0.4) is 0 Å². The van der Waals surface area contributed by atoms with E-state index in [1.54, 1.807) is 0 Å². The standard InChI is InChI=1S/C19H17BrN4O4/c20-16-9-5-4-8-15(16)19(13-6-2-1-3-7-13)22-21-17-11-10-14(23(25)26)12-18(17)24(27)28/h1-12,21,23-25,27H. The Balaban J connectivity index is 2.04. The summed E-state index contributed by atoms with van der Waals surface area (Å²) in [6.07, 6.45) is 0. The summed E-state index contributed by atoms with van der Waals surface area (Å²) in [5.74, 6) is 0. The molecule has 0 aromatic heterocycles. The zero-order valence-electron chi connectivity index (χ0n) is 14.5. The fourth-order valence-corrected chi connectivity index (χ4v) is 3.07. The van der Waals surface area contributed by atoms with E-state index in [-0.39, 0.29) is 17.1 Å². The number of hydrogen-bond acceptors (Lipinski definition) is 6. The van der Waals surface area contributed by atoms with Crippen molar-refractivity contribution in [3.8, 4) is 0 Å². The van der Waals surface area contributed by atoms with E-state index in [9.17, 15) is 15.6 Å². The van der Waals surface area contributed by atoms with Crippen LogP contribution in [0.2, 0.25) is 0 Å². The molecule has 0 aliphatic rings. The number of halogens is 1. The molecule has 0 radical (unpaired) electrons. The highest BCUT2D eigenvalue weighted by atomic mass is 79.9. The fraction of sp³-hybridized carbons (Fsp3) is 0. The molecule has 2 unspecified atom stereocenters. The molecular formula is C19H17BrN4O4. The summed E-state index contributed by atoms with van der Waals surface area (Å²) in [4.78, 5) is 0. The summed E-state index contributed by atoms with van der Waals surface area (Å²) in [6.45, 7) is 0. The predicted octanol–water partition coefficient (Wildman–Crippen LogP) is 2.12. The second kappa shape index (κ2) is 9.04. The number of nitrogens with zero attached hydrogens (tertiary/aromatic N) is 1. The summed E-state index contributed by atoms with van der Waals surface area (Å²) in [5, 5.41) is 43.2. The lowest BCUT2D eigenvalue weighted by Crippen LogP contribution is -3.00. The number of hydrogen-bond donors (Lipinski definition) is 5. The molecule has 0 aliphatic carbocycles. The van der Waals surface area contributed by atoms with Crippen molar-refractivity contribution in [3.63, 3.8) is 0 Å². The molecule has 2 atom stereocenters. The van der Waals surface area contributed by atoms with E-state index < -0.39 is 10.5 Å². The first-order chi connectivity index (χ1) is 13.5. The minimum absolute atomic E-state index is 0.110. The lowest BCUT2D eigenvalue weighted by atomic mass is 10.0. The van der Waals surface area contributed by atoms with Gasteiger partial charge >= 0.3 is 0 Å². The van der Waals surface area contributed by atoms with Crippen molar-refractivity contribution in [1.29, 1.82) is 0 Å². The van der Waals surface area contributed by atoms with E-state index >= 15 is 0 Å². The first-order valence-electron chi connectivity index (χ1n) is 8.22. The molecule has 0 heterocycles. The molecule has 9 heteroatoms. The Morgan fingerprint density at radius 2 is 1.57 bits per heavy atom. The molecule has 3 aromatic rings. The molecule has 0 saturated carbocycles. The largest absolute Gasteiger partial charge is 0.595 e. The predicted molar refractivity (Wildman–Crippen MR) is 108 cm³/mol. The molecule has 0 amide bonds. The van der Waals surface area contributed by atoms with E-state index in [2.05, 4.69) is 26.5 Å². The SMILES string of the molecule is [O-][NH+](O)c1ccc(NN=C(c2ccccc2)c2ccccc2Br)c([NH+]([O-])O)c1. The van der Waals surface area contributed by atoms with Crippen LogP contribution < -0.4 is 15.9 Å². The van der Waals surface area contributed by atoms with Gasteiger partial charge in [-0.25, -0.2) is 10.4 Å². The third-order valence-electron chi connectivity index (χ3n) is 3.96. The number of hydrazone groups is 1. The van der Waals surface area contributed by atoms with Gasteiger partial charge in [-0.15, -0.1) is 0 Å². The van der Waals surface area contributed by atoms with Crippen molar-refractivity contribution in [2.24, 2.45) is 5.10 Å². The lowest BCUT2D eigenvalue weighted by Gasteiger charge is -2.18. The molecule has 0 aliphatic heterocycles. The minimum atomic E-state index is -1.25. The molecule has 0 spiro atoms. The maximum absolute atomic E-state index is 11.5. The Kier molecular flexibility index (Phi) is 6.49. The maximum atomic E-state index is 11.5. The van der Waals surface area contributed by atoms with Crippen LogP contribution in [0.5, 0.6) is 0 Å². The van der Waals surface area contributed by atoms with Gasteiger partial charge in [-0.1, -0.05) is 64.5 Å². The van der Waals surface area contributed by atoms with Crippen LogP contribution in [0, 0.1) is 10.4 Å². The van der Waals surface area contributed by atoms with Crippen LogP contribution in [0.15, 0.2) is 82.4 Å². The molecule has 5 N–H and O–H groups in total. The monoisotopic (exact) mass is 444 g/mol. The Labute approximate surface area is 169 Å². The number of benzene rings is 3. The second-order valence-electron chi connectivity index (χ2n) is 5.79. The first kappa shape index (κ1) is 20.1. The van der Waals surface area contributed by atoms with Gasteiger partial charge in [-0.3, -0.25) is 5.43 Å². The van der Waals surface area contributed by atoms with Gasteiger partial charge < -0.3 is 10.4 Å². The van der Waals surface area contributed by atoms with Gasteiger partial charge in [0.2, 0.25) is 0 Å². The van der Waals surface area contributed by atoms with Crippen molar-refractivity contribution in [2.45, 2.75) is 0 Å². The molecule has 144 valence electrons. The van der Waals surface area contributed by atoms with E-state index in [1.807, 2.05) is 54.6 Å². The molecule has 0 saturated heterocycles. The molecular weight excluding hydrogens is 428 g/mol. The second-order valence-corrected chi connectivity index (χ2v) is 6.64. The quantitative estimate of drug-likeness (QED) is 0.294. The summed E-state index contributed by atoms with van der Waals surface area (Å²) < 4.78 is 0.832. The molecule has 28 heavy (non-hydrogen) atoms. The third-order valence-corrected chi connectivity index (χ3v) is 4.65. The van der Waals surface area contributed by atoms with Crippen LogP contribution in [-0.2, 0) is 0 Å².